The first kappa shape index (κ1) is 30.0. The van der Waals surface area contributed by atoms with Crippen molar-refractivity contribution < 1.29 is 29.0 Å². The first-order valence-corrected chi connectivity index (χ1v) is 14.6. The van der Waals surface area contributed by atoms with Crippen LogP contribution in [0.2, 0.25) is 0 Å². The molecule has 2 bridgehead atoms. The molecule has 0 aromatic heterocycles. The van der Waals surface area contributed by atoms with Gasteiger partial charge in [0.25, 0.3) is 0 Å². The maximum Gasteiger partial charge on any atom is 0.313 e. The topological polar surface area (TPSA) is 96.4 Å². The highest BCUT2D eigenvalue weighted by atomic mass is 16.6. The minimum Gasteiger partial charge on any atom is -0.461 e. The number of hydrogen-bond donors (Lipinski definition) is 1. The highest BCUT2D eigenvalue weighted by Gasteiger charge is 2.79. The summed E-state index contributed by atoms with van der Waals surface area (Å²) in [6.45, 7) is 13.6. The van der Waals surface area contributed by atoms with Crippen LogP contribution in [-0.2, 0) is 30.3 Å². The average molecular weight is 553 g/mol. The van der Waals surface area contributed by atoms with Gasteiger partial charge in [0.05, 0.1) is 24.2 Å². The van der Waals surface area contributed by atoms with E-state index in [9.17, 15) is 19.5 Å². The van der Waals surface area contributed by atoms with Gasteiger partial charge in [-0.3, -0.25) is 14.4 Å². The Labute approximate surface area is 238 Å². The molecule has 7 atom stereocenters. The molecule has 0 radical (unpaired) electrons. The third-order valence-corrected chi connectivity index (χ3v) is 9.22. The highest BCUT2D eigenvalue weighted by Crippen LogP contribution is 2.65. The summed E-state index contributed by atoms with van der Waals surface area (Å²) < 4.78 is 12.3. The first-order valence-electron chi connectivity index (χ1n) is 14.6. The van der Waals surface area contributed by atoms with Crippen molar-refractivity contribution in [3.05, 3.63) is 61.2 Å². The maximum absolute atomic E-state index is 14.6. The molecular formula is C32H44N2O6. The van der Waals surface area contributed by atoms with E-state index < -0.39 is 41.1 Å². The van der Waals surface area contributed by atoms with E-state index in [2.05, 4.69) is 20.1 Å². The van der Waals surface area contributed by atoms with Gasteiger partial charge in [-0.15, -0.1) is 6.58 Å². The molecule has 8 nitrogen and oxygen atoms in total. The summed E-state index contributed by atoms with van der Waals surface area (Å²) in [5.74, 6) is -2.76. The molecule has 1 spiro atoms. The summed E-state index contributed by atoms with van der Waals surface area (Å²) in [4.78, 5) is 46.0. The predicted molar refractivity (Wildman–Crippen MR) is 152 cm³/mol. The van der Waals surface area contributed by atoms with Crippen LogP contribution in [0.15, 0.2) is 55.6 Å². The van der Waals surface area contributed by atoms with Gasteiger partial charge in [0.2, 0.25) is 11.8 Å². The number of amides is 2. The van der Waals surface area contributed by atoms with Crippen LogP contribution in [0.3, 0.4) is 0 Å². The SMILES string of the molecule is C=CCOC(=O)[C@@H]1[C@H]2C(=O)N([C@@H](CO)Cc3ccccc3)C(C(=O)N(CC=C)C(C)CCC)C23CC[C@@]1(CC)O3. The smallest absolute Gasteiger partial charge is 0.313 e. The second-order valence-electron chi connectivity index (χ2n) is 11.4. The number of hydrogen-bond acceptors (Lipinski definition) is 6. The molecule has 1 N–H and O–H groups in total. The predicted octanol–water partition coefficient (Wildman–Crippen LogP) is 3.68. The van der Waals surface area contributed by atoms with Crippen molar-refractivity contribution in [2.45, 2.75) is 88.6 Å². The lowest BCUT2D eigenvalue weighted by atomic mass is 9.65. The largest absolute Gasteiger partial charge is 0.461 e. The number of ether oxygens (including phenoxy) is 2. The Morgan fingerprint density at radius 3 is 2.55 bits per heavy atom. The maximum atomic E-state index is 14.6. The lowest BCUT2D eigenvalue weighted by molar-refractivity contribution is -0.163. The summed E-state index contributed by atoms with van der Waals surface area (Å²) in [6, 6.07) is 7.88. The minimum atomic E-state index is -1.18. The number of nitrogens with zero attached hydrogens (tertiary/aromatic N) is 2. The Morgan fingerprint density at radius 1 is 1.23 bits per heavy atom. The van der Waals surface area contributed by atoms with Crippen molar-refractivity contribution in [3.63, 3.8) is 0 Å². The Morgan fingerprint density at radius 2 is 1.95 bits per heavy atom. The van der Waals surface area contributed by atoms with Crippen LogP contribution in [0.25, 0.3) is 0 Å². The molecule has 2 amide bonds. The molecule has 4 rings (SSSR count). The van der Waals surface area contributed by atoms with Gasteiger partial charge in [-0.2, -0.15) is 0 Å². The van der Waals surface area contributed by atoms with Gasteiger partial charge in [0.15, 0.2) is 0 Å². The number of carbonyl (C=O) groups excluding carboxylic acids is 3. The molecule has 3 saturated heterocycles. The third-order valence-electron chi connectivity index (χ3n) is 9.22. The van der Waals surface area contributed by atoms with Crippen LogP contribution in [0, 0.1) is 11.8 Å². The van der Waals surface area contributed by atoms with E-state index in [-0.39, 0.29) is 31.1 Å². The summed E-state index contributed by atoms with van der Waals surface area (Å²) in [6.07, 6.45) is 6.79. The standard InChI is InChI=1S/C32H44N2O6/c1-6-13-22(5)33(18-7-2)29(37)27-32-17-16-31(9-4,40-32)26(30(38)39-19-8-3)25(32)28(36)34(27)24(21-35)20-23-14-11-10-12-15-23/h7-8,10-12,14-15,22,24-27,35H,2-3,6,9,13,16-21H2,1,4-5H3/t22?,24-,25+,26+,27?,31-,32?/m1/s1. The Hall–Kier alpha value is -2.97. The van der Waals surface area contributed by atoms with Gasteiger partial charge in [0.1, 0.15) is 24.2 Å². The van der Waals surface area contributed by atoms with Crippen molar-refractivity contribution in [2.24, 2.45) is 11.8 Å². The third kappa shape index (κ3) is 4.90. The number of rotatable bonds is 14. The lowest BCUT2D eigenvalue weighted by Gasteiger charge is -2.41. The molecule has 3 aliphatic rings. The van der Waals surface area contributed by atoms with Crippen LogP contribution >= 0.6 is 0 Å². The second-order valence-corrected chi connectivity index (χ2v) is 11.4. The van der Waals surface area contributed by atoms with E-state index >= 15 is 0 Å². The molecule has 0 saturated carbocycles. The number of aliphatic hydroxyl groups is 1. The minimum absolute atomic E-state index is 0.0318. The molecular weight excluding hydrogens is 508 g/mol. The molecule has 0 aliphatic carbocycles. The van der Waals surface area contributed by atoms with Crippen molar-refractivity contribution in [2.75, 3.05) is 19.8 Å². The molecule has 40 heavy (non-hydrogen) atoms. The normalized spacial score (nSPS) is 30.1. The number of likely N-dealkylation sites (tertiary alicyclic amines) is 1. The first-order chi connectivity index (χ1) is 19.2. The van der Waals surface area contributed by atoms with Crippen LogP contribution in [-0.4, -0.2) is 81.8 Å². The number of fused-ring (bicyclic) bond motifs is 1. The Balaban J connectivity index is 1.83. The summed E-state index contributed by atoms with van der Waals surface area (Å²) in [5.41, 5.74) is -1.12. The van der Waals surface area contributed by atoms with Gasteiger partial charge in [-0.05, 0) is 44.6 Å². The monoisotopic (exact) mass is 552 g/mol. The fourth-order valence-electron chi connectivity index (χ4n) is 7.41. The number of aliphatic hydroxyl groups excluding tert-OH is 1. The van der Waals surface area contributed by atoms with E-state index in [4.69, 9.17) is 9.47 Å². The molecule has 3 aliphatic heterocycles. The molecule has 3 unspecified atom stereocenters. The molecule has 1 aromatic carbocycles. The lowest BCUT2D eigenvalue weighted by Crippen LogP contribution is -2.60. The fourth-order valence-corrected chi connectivity index (χ4v) is 7.41. The van der Waals surface area contributed by atoms with Crippen molar-refractivity contribution in [3.8, 4) is 0 Å². The summed E-state index contributed by atoms with van der Waals surface area (Å²) >= 11 is 0. The molecule has 1 aromatic rings. The molecule has 8 heteroatoms. The van der Waals surface area contributed by atoms with Gasteiger partial charge in [-0.25, -0.2) is 0 Å². The van der Waals surface area contributed by atoms with Crippen LogP contribution in [0.4, 0.5) is 0 Å². The Kier molecular flexibility index (Phi) is 9.20. The second kappa shape index (κ2) is 12.3. The van der Waals surface area contributed by atoms with Crippen LogP contribution in [0.1, 0.15) is 58.4 Å². The molecule has 3 heterocycles. The van der Waals surface area contributed by atoms with E-state index in [1.807, 2.05) is 44.2 Å². The van der Waals surface area contributed by atoms with Crippen LogP contribution < -0.4 is 0 Å². The zero-order chi connectivity index (χ0) is 29.1. The zero-order valence-electron chi connectivity index (χ0n) is 24.1. The van der Waals surface area contributed by atoms with Gasteiger partial charge in [0, 0.05) is 12.6 Å². The quantitative estimate of drug-likeness (QED) is 0.280. The highest BCUT2D eigenvalue weighted by molar-refractivity contribution is 5.99. The van der Waals surface area contributed by atoms with Crippen molar-refractivity contribution in [1.82, 2.24) is 9.80 Å². The van der Waals surface area contributed by atoms with E-state index in [1.54, 1.807) is 15.9 Å². The fraction of sp³-hybridized carbons (Fsp3) is 0.594. The van der Waals surface area contributed by atoms with Gasteiger partial charge >= 0.3 is 5.97 Å². The number of carbonyl (C=O) groups is 3. The van der Waals surface area contributed by atoms with E-state index in [0.29, 0.717) is 32.2 Å². The van der Waals surface area contributed by atoms with Gasteiger partial charge in [-0.1, -0.05) is 69.3 Å². The van der Waals surface area contributed by atoms with E-state index in [0.717, 1.165) is 18.4 Å². The molecule has 218 valence electrons. The Bertz CT molecular complexity index is 1110. The van der Waals surface area contributed by atoms with Crippen LogP contribution in [0.5, 0.6) is 0 Å². The number of esters is 1. The van der Waals surface area contributed by atoms with E-state index in [1.165, 1.54) is 6.08 Å². The van der Waals surface area contributed by atoms with Crippen molar-refractivity contribution >= 4 is 17.8 Å². The zero-order valence-corrected chi connectivity index (χ0v) is 24.1. The average Bonchev–Trinajstić information content (AvgIpc) is 3.57. The van der Waals surface area contributed by atoms with Crippen molar-refractivity contribution in [1.29, 1.82) is 0 Å². The summed E-state index contributed by atoms with van der Waals surface area (Å²) in [5, 5.41) is 10.6. The number of benzene rings is 1. The summed E-state index contributed by atoms with van der Waals surface area (Å²) in [7, 11) is 0. The van der Waals surface area contributed by atoms with Gasteiger partial charge < -0.3 is 24.4 Å². The molecule has 3 fully saturated rings.